The number of aliphatic hydroxyl groups is 1. The van der Waals surface area contributed by atoms with Crippen molar-refractivity contribution in [2.45, 2.75) is 12.5 Å². The van der Waals surface area contributed by atoms with Crippen molar-refractivity contribution in [2.75, 3.05) is 26.3 Å². The molecule has 1 N–H and O–H groups in total. The number of hydrogen-bond donors (Lipinski definition) is 1. The first kappa shape index (κ1) is 8.70. The van der Waals surface area contributed by atoms with Crippen LogP contribution in [-0.2, 0) is 4.74 Å². The van der Waals surface area contributed by atoms with Crippen molar-refractivity contribution in [1.82, 2.24) is 3.11 Å². The van der Waals surface area contributed by atoms with E-state index in [0.717, 1.165) is 13.2 Å². The molecule has 0 saturated carbocycles. The Kier molecular flexibility index (Phi) is 2.91. The smallest absolute Gasteiger partial charge is 0.0986 e. The highest BCUT2D eigenvalue weighted by Crippen LogP contribution is 2.13. The van der Waals surface area contributed by atoms with Crippen molar-refractivity contribution < 1.29 is 9.84 Å². The minimum atomic E-state index is -0.669. The molecular formula is C6H12INO2. The molecular weight excluding hydrogens is 245 g/mol. The molecule has 0 bridgehead atoms. The average molecular weight is 257 g/mol. The lowest BCUT2D eigenvalue weighted by Crippen LogP contribution is -2.37. The summed E-state index contributed by atoms with van der Waals surface area (Å²) in [4.78, 5) is 0. The van der Waals surface area contributed by atoms with Crippen molar-refractivity contribution in [1.29, 1.82) is 0 Å². The van der Waals surface area contributed by atoms with E-state index in [1.54, 1.807) is 6.92 Å². The lowest BCUT2D eigenvalue weighted by atomic mass is 10.1. The van der Waals surface area contributed by atoms with Gasteiger partial charge in [0.25, 0.3) is 0 Å². The van der Waals surface area contributed by atoms with E-state index >= 15 is 0 Å². The third kappa shape index (κ3) is 2.69. The van der Waals surface area contributed by atoms with Gasteiger partial charge in [0, 0.05) is 36.0 Å². The van der Waals surface area contributed by atoms with Gasteiger partial charge in [-0.05, 0) is 6.92 Å². The van der Waals surface area contributed by atoms with Gasteiger partial charge in [-0.1, -0.05) is 0 Å². The molecule has 10 heavy (non-hydrogen) atoms. The summed E-state index contributed by atoms with van der Waals surface area (Å²) in [7, 11) is 0. The van der Waals surface area contributed by atoms with Gasteiger partial charge in [-0.2, -0.15) is 0 Å². The van der Waals surface area contributed by atoms with E-state index in [2.05, 4.69) is 22.9 Å². The highest BCUT2D eigenvalue weighted by molar-refractivity contribution is 14.1. The van der Waals surface area contributed by atoms with Gasteiger partial charge in [0.2, 0.25) is 0 Å². The summed E-state index contributed by atoms with van der Waals surface area (Å²) in [6, 6.07) is 0. The third-order valence-electron chi connectivity index (χ3n) is 1.40. The van der Waals surface area contributed by atoms with Crippen LogP contribution >= 0.6 is 22.9 Å². The summed E-state index contributed by atoms with van der Waals surface area (Å²) in [5.41, 5.74) is -0.669. The molecule has 0 amide bonds. The summed E-state index contributed by atoms with van der Waals surface area (Å²) >= 11 is 2.20. The van der Waals surface area contributed by atoms with Gasteiger partial charge in [0.05, 0.1) is 18.8 Å². The Morgan fingerprint density at radius 3 is 3.10 bits per heavy atom. The Balaban J connectivity index is 2.46. The molecule has 0 aromatic carbocycles. The summed E-state index contributed by atoms with van der Waals surface area (Å²) in [5, 5.41) is 9.55. The molecule has 1 rings (SSSR count). The number of rotatable bonds is 0. The first-order chi connectivity index (χ1) is 4.60. The van der Waals surface area contributed by atoms with Gasteiger partial charge in [-0.15, -0.1) is 0 Å². The van der Waals surface area contributed by atoms with Crippen molar-refractivity contribution in [2.24, 2.45) is 0 Å². The van der Waals surface area contributed by atoms with Crippen LogP contribution in [0.15, 0.2) is 0 Å². The van der Waals surface area contributed by atoms with Crippen molar-refractivity contribution in [3.05, 3.63) is 0 Å². The predicted octanol–water partition coefficient (Wildman–Crippen LogP) is 0.420. The van der Waals surface area contributed by atoms with Gasteiger partial charge < -0.3 is 9.84 Å². The van der Waals surface area contributed by atoms with Crippen molar-refractivity contribution in [3.8, 4) is 0 Å². The van der Waals surface area contributed by atoms with Crippen molar-refractivity contribution >= 4 is 22.9 Å². The first-order valence-electron chi connectivity index (χ1n) is 3.31. The van der Waals surface area contributed by atoms with Crippen LogP contribution in [0.5, 0.6) is 0 Å². The highest BCUT2D eigenvalue weighted by atomic mass is 127. The van der Waals surface area contributed by atoms with Crippen LogP contribution in [0.1, 0.15) is 6.92 Å². The highest BCUT2D eigenvalue weighted by Gasteiger charge is 2.25. The lowest BCUT2D eigenvalue weighted by molar-refractivity contribution is -0.0162. The predicted molar refractivity (Wildman–Crippen MR) is 47.0 cm³/mol. The standard InChI is InChI=1S/C6H12INO2/c1-6(9)4-8(7)2-3-10-5-6/h9H,2-5H2,1H3. The van der Waals surface area contributed by atoms with E-state index in [1.165, 1.54) is 0 Å². The van der Waals surface area contributed by atoms with Crippen LogP contribution in [-0.4, -0.2) is 40.1 Å². The fourth-order valence-corrected chi connectivity index (χ4v) is 1.88. The Morgan fingerprint density at radius 1 is 1.70 bits per heavy atom. The molecule has 4 heteroatoms. The molecule has 1 fully saturated rings. The molecule has 3 nitrogen and oxygen atoms in total. The van der Waals surface area contributed by atoms with Gasteiger partial charge in [-0.25, -0.2) is 3.11 Å². The van der Waals surface area contributed by atoms with E-state index < -0.39 is 5.60 Å². The fourth-order valence-electron chi connectivity index (χ4n) is 0.950. The molecule has 60 valence electrons. The monoisotopic (exact) mass is 257 g/mol. The molecule has 0 aromatic rings. The van der Waals surface area contributed by atoms with E-state index in [4.69, 9.17) is 4.74 Å². The molecule has 1 aliphatic heterocycles. The zero-order chi connectivity index (χ0) is 7.61. The molecule has 0 aliphatic carbocycles. The summed E-state index contributed by atoms with van der Waals surface area (Å²) in [5.74, 6) is 0. The zero-order valence-corrected chi connectivity index (χ0v) is 8.17. The second-order valence-electron chi connectivity index (χ2n) is 2.89. The molecule has 1 atom stereocenters. The SMILES string of the molecule is CC1(O)COCCN(I)C1. The lowest BCUT2D eigenvalue weighted by Gasteiger charge is -2.22. The largest absolute Gasteiger partial charge is 0.386 e. The quantitative estimate of drug-likeness (QED) is 0.504. The third-order valence-corrected chi connectivity index (χ3v) is 2.23. The maximum Gasteiger partial charge on any atom is 0.0986 e. The van der Waals surface area contributed by atoms with Crippen LogP contribution in [0, 0.1) is 0 Å². The van der Waals surface area contributed by atoms with E-state index in [9.17, 15) is 5.11 Å². The molecule has 1 aliphatic rings. The molecule has 0 spiro atoms. The summed E-state index contributed by atoms with van der Waals surface area (Å²) in [6.07, 6.45) is 0. The maximum absolute atomic E-state index is 9.55. The van der Waals surface area contributed by atoms with Gasteiger partial charge in [-0.3, -0.25) is 0 Å². The molecule has 1 unspecified atom stereocenters. The average Bonchev–Trinajstić information content (AvgIpc) is 1.90. The number of halogens is 1. The topological polar surface area (TPSA) is 32.7 Å². The Hall–Kier alpha value is 0.610. The minimum absolute atomic E-state index is 0.451. The number of nitrogens with zero attached hydrogens (tertiary/aromatic N) is 1. The second kappa shape index (κ2) is 3.34. The second-order valence-corrected chi connectivity index (χ2v) is 4.26. The summed E-state index contributed by atoms with van der Waals surface area (Å²) in [6.45, 7) is 4.56. The van der Waals surface area contributed by atoms with Gasteiger partial charge in [0.15, 0.2) is 0 Å². The van der Waals surface area contributed by atoms with Crippen LogP contribution in [0.3, 0.4) is 0 Å². The number of hydrogen-bond acceptors (Lipinski definition) is 3. The number of ether oxygens (including phenoxy) is 1. The minimum Gasteiger partial charge on any atom is -0.386 e. The molecule has 1 saturated heterocycles. The van der Waals surface area contributed by atoms with Crippen LogP contribution in [0.2, 0.25) is 0 Å². The van der Waals surface area contributed by atoms with Gasteiger partial charge >= 0.3 is 0 Å². The Morgan fingerprint density at radius 2 is 2.40 bits per heavy atom. The molecule has 1 heterocycles. The number of β-amino-alcohol motifs (C(OH)–C–C–N with tert-alkyl or cyclic N) is 1. The molecule has 0 radical (unpaired) electrons. The van der Waals surface area contributed by atoms with E-state index in [-0.39, 0.29) is 0 Å². The normalized spacial score (nSPS) is 37.5. The zero-order valence-electron chi connectivity index (χ0n) is 6.01. The van der Waals surface area contributed by atoms with Crippen molar-refractivity contribution in [3.63, 3.8) is 0 Å². The fraction of sp³-hybridized carbons (Fsp3) is 1.00. The summed E-state index contributed by atoms with van der Waals surface area (Å²) < 4.78 is 7.23. The van der Waals surface area contributed by atoms with E-state index in [0.29, 0.717) is 13.2 Å². The Bertz CT molecular complexity index is 118. The molecule has 0 aromatic heterocycles. The van der Waals surface area contributed by atoms with Crippen LogP contribution in [0.25, 0.3) is 0 Å². The Labute approximate surface area is 74.8 Å². The van der Waals surface area contributed by atoms with Gasteiger partial charge in [0.1, 0.15) is 0 Å². The van der Waals surface area contributed by atoms with E-state index in [1.807, 2.05) is 3.11 Å². The first-order valence-corrected chi connectivity index (χ1v) is 4.27. The van der Waals surface area contributed by atoms with Crippen LogP contribution in [0.4, 0.5) is 0 Å². The maximum atomic E-state index is 9.55. The van der Waals surface area contributed by atoms with Crippen LogP contribution < -0.4 is 0 Å².